The normalized spacial score (nSPS) is 10.8. The largest absolute Gasteiger partial charge is 0.397 e. The van der Waals surface area contributed by atoms with E-state index in [0.29, 0.717) is 42.1 Å². The van der Waals surface area contributed by atoms with Crippen molar-refractivity contribution in [2.45, 2.75) is 13.8 Å². The molecule has 1 amide bonds. The van der Waals surface area contributed by atoms with E-state index in [9.17, 15) is 4.79 Å². The molecule has 0 aliphatic heterocycles. The maximum atomic E-state index is 11.6. The fourth-order valence-electron chi connectivity index (χ4n) is 1.44. The number of carbonyl (C=O) groups is 1. The van der Waals surface area contributed by atoms with Gasteiger partial charge in [-0.2, -0.15) is 0 Å². The van der Waals surface area contributed by atoms with E-state index in [4.69, 9.17) is 26.8 Å². The number of rotatable bonds is 8. The second kappa shape index (κ2) is 8.79. The number of hydrogen-bond acceptors (Lipinski definition) is 4. The highest BCUT2D eigenvalue weighted by Crippen LogP contribution is 2.22. The van der Waals surface area contributed by atoms with Crippen molar-refractivity contribution in [3.8, 4) is 0 Å². The molecule has 5 nitrogen and oxygen atoms in total. The third kappa shape index (κ3) is 6.75. The summed E-state index contributed by atoms with van der Waals surface area (Å²) in [6.45, 7) is 5.67. The minimum atomic E-state index is -0.261. The van der Waals surface area contributed by atoms with Crippen molar-refractivity contribution in [2.75, 3.05) is 37.5 Å². The summed E-state index contributed by atoms with van der Waals surface area (Å²) in [5, 5.41) is 3.19. The van der Waals surface area contributed by atoms with E-state index in [2.05, 4.69) is 19.2 Å². The predicted molar refractivity (Wildman–Crippen MR) is 81.0 cm³/mol. The number of benzene rings is 1. The summed E-state index contributed by atoms with van der Waals surface area (Å²) in [6, 6.07) is 4.90. The van der Waals surface area contributed by atoms with Gasteiger partial charge in [-0.05, 0) is 24.1 Å². The molecule has 0 aliphatic carbocycles. The molecule has 0 aromatic heterocycles. The summed E-state index contributed by atoms with van der Waals surface area (Å²) in [5.41, 5.74) is 6.68. The Morgan fingerprint density at radius 2 is 2.05 bits per heavy atom. The molecule has 1 aromatic carbocycles. The Morgan fingerprint density at radius 1 is 1.35 bits per heavy atom. The SMILES string of the molecule is CC(C)COCCOCC(=O)Nc1ccc(Cl)cc1N. The van der Waals surface area contributed by atoms with E-state index in [0.717, 1.165) is 0 Å². The molecule has 0 atom stereocenters. The fourth-order valence-corrected chi connectivity index (χ4v) is 1.62. The van der Waals surface area contributed by atoms with Crippen LogP contribution in [0.4, 0.5) is 11.4 Å². The van der Waals surface area contributed by atoms with Crippen molar-refractivity contribution in [3.63, 3.8) is 0 Å². The topological polar surface area (TPSA) is 73.6 Å². The second-order valence-electron chi connectivity index (χ2n) is 4.80. The second-order valence-corrected chi connectivity index (χ2v) is 5.24. The van der Waals surface area contributed by atoms with Gasteiger partial charge in [0.15, 0.2) is 0 Å². The van der Waals surface area contributed by atoms with E-state index in [1.807, 2.05) is 0 Å². The van der Waals surface area contributed by atoms with Crippen LogP contribution in [0.1, 0.15) is 13.8 Å². The maximum Gasteiger partial charge on any atom is 0.250 e. The van der Waals surface area contributed by atoms with Crippen LogP contribution in [0.25, 0.3) is 0 Å². The predicted octanol–water partition coefficient (Wildman–Crippen LogP) is 2.55. The van der Waals surface area contributed by atoms with Crippen molar-refractivity contribution in [3.05, 3.63) is 23.2 Å². The number of amides is 1. The molecule has 0 aliphatic rings. The van der Waals surface area contributed by atoms with Crippen molar-refractivity contribution in [2.24, 2.45) is 5.92 Å². The van der Waals surface area contributed by atoms with Gasteiger partial charge in [0.05, 0.1) is 24.6 Å². The van der Waals surface area contributed by atoms with Crippen LogP contribution in [0, 0.1) is 5.92 Å². The van der Waals surface area contributed by atoms with E-state index < -0.39 is 0 Å². The highest BCUT2D eigenvalue weighted by atomic mass is 35.5. The van der Waals surface area contributed by atoms with Gasteiger partial charge < -0.3 is 20.5 Å². The summed E-state index contributed by atoms with van der Waals surface area (Å²) < 4.78 is 10.5. The number of hydrogen-bond donors (Lipinski definition) is 2. The van der Waals surface area contributed by atoms with Gasteiger partial charge in [0.1, 0.15) is 6.61 Å². The number of halogens is 1. The Labute approximate surface area is 124 Å². The molecule has 6 heteroatoms. The number of nitrogens with one attached hydrogen (secondary N) is 1. The van der Waals surface area contributed by atoms with Crippen LogP contribution in [0.5, 0.6) is 0 Å². The van der Waals surface area contributed by atoms with Crippen LogP contribution >= 0.6 is 11.6 Å². The zero-order valence-corrected chi connectivity index (χ0v) is 12.6. The fraction of sp³-hybridized carbons (Fsp3) is 0.500. The molecule has 0 spiro atoms. The van der Waals surface area contributed by atoms with Crippen LogP contribution in [0.3, 0.4) is 0 Å². The van der Waals surface area contributed by atoms with Crippen LogP contribution in [-0.2, 0) is 14.3 Å². The molecule has 112 valence electrons. The molecule has 1 aromatic rings. The minimum absolute atomic E-state index is 0.0346. The zero-order chi connectivity index (χ0) is 15.0. The molecular weight excluding hydrogens is 280 g/mol. The van der Waals surface area contributed by atoms with E-state index in [-0.39, 0.29) is 12.5 Å². The summed E-state index contributed by atoms with van der Waals surface area (Å²) in [4.78, 5) is 11.6. The summed E-state index contributed by atoms with van der Waals surface area (Å²) in [7, 11) is 0. The third-order valence-corrected chi connectivity index (χ3v) is 2.58. The standard InChI is InChI=1S/C14H21ClN2O3/c1-10(2)8-19-5-6-20-9-14(18)17-13-4-3-11(15)7-12(13)16/h3-4,7,10H,5-6,8-9,16H2,1-2H3,(H,17,18). The molecule has 0 radical (unpaired) electrons. The summed E-state index contributed by atoms with van der Waals surface area (Å²) in [5.74, 6) is 0.231. The lowest BCUT2D eigenvalue weighted by Gasteiger charge is -2.09. The number of ether oxygens (including phenoxy) is 2. The van der Waals surface area contributed by atoms with Crippen LogP contribution in [-0.4, -0.2) is 32.3 Å². The molecule has 0 fully saturated rings. The summed E-state index contributed by atoms with van der Waals surface area (Å²) >= 11 is 5.78. The van der Waals surface area contributed by atoms with Gasteiger partial charge in [0, 0.05) is 11.6 Å². The van der Waals surface area contributed by atoms with Crippen LogP contribution < -0.4 is 11.1 Å². The first-order valence-electron chi connectivity index (χ1n) is 6.49. The van der Waals surface area contributed by atoms with Gasteiger partial charge in [-0.3, -0.25) is 4.79 Å². The minimum Gasteiger partial charge on any atom is -0.397 e. The lowest BCUT2D eigenvalue weighted by molar-refractivity contribution is -0.121. The maximum absolute atomic E-state index is 11.6. The van der Waals surface area contributed by atoms with Gasteiger partial charge in [-0.25, -0.2) is 0 Å². The first-order chi connectivity index (χ1) is 9.49. The lowest BCUT2D eigenvalue weighted by Crippen LogP contribution is -2.20. The molecule has 0 unspecified atom stereocenters. The van der Waals surface area contributed by atoms with Gasteiger partial charge in [-0.1, -0.05) is 25.4 Å². The molecule has 1 rings (SSSR count). The van der Waals surface area contributed by atoms with Gasteiger partial charge >= 0.3 is 0 Å². The molecule has 0 saturated heterocycles. The van der Waals surface area contributed by atoms with E-state index in [1.54, 1.807) is 18.2 Å². The summed E-state index contributed by atoms with van der Waals surface area (Å²) in [6.07, 6.45) is 0. The Bertz CT molecular complexity index is 438. The first kappa shape index (κ1) is 16.8. The molecule has 0 heterocycles. The number of nitrogen functional groups attached to an aromatic ring is 1. The Balaban J connectivity index is 2.20. The van der Waals surface area contributed by atoms with Gasteiger partial charge in [-0.15, -0.1) is 0 Å². The number of nitrogens with two attached hydrogens (primary N) is 1. The Hall–Kier alpha value is -1.30. The third-order valence-electron chi connectivity index (χ3n) is 2.34. The molecule has 20 heavy (non-hydrogen) atoms. The molecule has 0 bridgehead atoms. The average Bonchev–Trinajstić information content (AvgIpc) is 2.36. The monoisotopic (exact) mass is 300 g/mol. The van der Waals surface area contributed by atoms with Crippen molar-refractivity contribution >= 4 is 28.9 Å². The average molecular weight is 301 g/mol. The Morgan fingerprint density at radius 3 is 2.70 bits per heavy atom. The molecular formula is C14H21ClN2O3. The molecule has 3 N–H and O–H groups in total. The van der Waals surface area contributed by atoms with Gasteiger partial charge in [0.2, 0.25) is 5.91 Å². The van der Waals surface area contributed by atoms with Crippen LogP contribution in [0.15, 0.2) is 18.2 Å². The smallest absolute Gasteiger partial charge is 0.250 e. The Kier molecular flexibility index (Phi) is 7.36. The van der Waals surface area contributed by atoms with E-state index in [1.165, 1.54) is 0 Å². The van der Waals surface area contributed by atoms with Crippen molar-refractivity contribution < 1.29 is 14.3 Å². The van der Waals surface area contributed by atoms with Crippen molar-refractivity contribution in [1.82, 2.24) is 0 Å². The van der Waals surface area contributed by atoms with Gasteiger partial charge in [0.25, 0.3) is 0 Å². The molecule has 0 saturated carbocycles. The zero-order valence-electron chi connectivity index (χ0n) is 11.8. The highest BCUT2D eigenvalue weighted by Gasteiger charge is 2.05. The lowest BCUT2D eigenvalue weighted by atomic mass is 10.2. The number of carbonyl (C=O) groups excluding carboxylic acids is 1. The van der Waals surface area contributed by atoms with Crippen LogP contribution in [0.2, 0.25) is 5.02 Å². The van der Waals surface area contributed by atoms with Crippen molar-refractivity contribution in [1.29, 1.82) is 0 Å². The first-order valence-corrected chi connectivity index (χ1v) is 6.87. The number of anilines is 2. The van der Waals surface area contributed by atoms with E-state index >= 15 is 0 Å². The quantitative estimate of drug-likeness (QED) is 0.571. The highest BCUT2D eigenvalue weighted by molar-refractivity contribution is 6.31.